The SMILES string of the molecule is O=C1CN(C(=O)CN2C[C@@H](c3cc(F)cc(F)c3)[C@@]3(CCCCC(=O)N3)C2)c2ccccc2N1. The van der Waals surface area contributed by atoms with E-state index in [1.54, 1.807) is 24.3 Å². The number of likely N-dealkylation sites (tertiary alicyclic amines) is 1. The Labute approximate surface area is 196 Å². The van der Waals surface area contributed by atoms with E-state index in [0.29, 0.717) is 42.9 Å². The van der Waals surface area contributed by atoms with E-state index in [2.05, 4.69) is 10.6 Å². The van der Waals surface area contributed by atoms with Gasteiger partial charge in [-0.15, -0.1) is 0 Å². The molecule has 0 radical (unpaired) electrons. The van der Waals surface area contributed by atoms with Crippen LogP contribution in [0.4, 0.5) is 20.2 Å². The molecule has 0 bridgehead atoms. The molecule has 0 saturated carbocycles. The van der Waals surface area contributed by atoms with Gasteiger partial charge in [0.05, 0.1) is 23.5 Å². The minimum atomic E-state index is -0.717. The second kappa shape index (κ2) is 8.79. The Hall–Kier alpha value is -3.33. The zero-order valence-corrected chi connectivity index (χ0v) is 18.7. The molecule has 0 unspecified atom stereocenters. The van der Waals surface area contributed by atoms with Crippen molar-refractivity contribution in [3.05, 3.63) is 59.7 Å². The van der Waals surface area contributed by atoms with E-state index in [1.807, 2.05) is 4.90 Å². The van der Waals surface area contributed by atoms with Gasteiger partial charge in [0.2, 0.25) is 17.7 Å². The van der Waals surface area contributed by atoms with E-state index >= 15 is 0 Å². The third-order valence-electron chi connectivity index (χ3n) is 7.00. The maximum absolute atomic E-state index is 14.1. The Kier molecular flexibility index (Phi) is 5.81. The quantitative estimate of drug-likeness (QED) is 0.726. The lowest BCUT2D eigenvalue weighted by molar-refractivity contribution is -0.123. The van der Waals surface area contributed by atoms with Gasteiger partial charge in [0.15, 0.2) is 0 Å². The van der Waals surface area contributed by atoms with Crippen LogP contribution in [-0.4, -0.2) is 54.3 Å². The molecule has 0 aliphatic carbocycles. The summed E-state index contributed by atoms with van der Waals surface area (Å²) in [6.45, 7) is 0.684. The lowest BCUT2D eigenvalue weighted by Crippen LogP contribution is -2.53. The molecule has 2 N–H and O–H groups in total. The third-order valence-corrected chi connectivity index (χ3v) is 7.00. The van der Waals surface area contributed by atoms with E-state index in [9.17, 15) is 23.2 Å². The minimum absolute atomic E-state index is 0.0214. The molecule has 2 saturated heterocycles. The van der Waals surface area contributed by atoms with Crippen LogP contribution in [0.2, 0.25) is 0 Å². The predicted octanol–water partition coefficient (Wildman–Crippen LogP) is 2.78. The molecule has 2 atom stereocenters. The van der Waals surface area contributed by atoms with E-state index in [1.165, 1.54) is 17.0 Å². The highest BCUT2D eigenvalue weighted by molar-refractivity contribution is 6.10. The van der Waals surface area contributed by atoms with Crippen molar-refractivity contribution in [2.75, 3.05) is 36.4 Å². The number of fused-ring (bicyclic) bond motifs is 1. The molecule has 2 fully saturated rings. The summed E-state index contributed by atoms with van der Waals surface area (Å²) in [7, 11) is 0. The predicted molar refractivity (Wildman–Crippen MR) is 122 cm³/mol. The first kappa shape index (κ1) is 22.5. The molecule has 3 aliphatic heterocycles. The summed E-state index contributed by atoms with van der Waals surface area (Å²) in [5.41, 5.74) is 0.963. The Morgan fingerprint density at radius 1 is 1.06 bits per heavy atom. The van der Waals surface area contributed by atoms with Crippen LogP contribution in [0.25, 0.3) is 0 Å². The monoisotopic (exact) mass is 468 g/mol. The molecular formula is C25H26F2N4O3. The number of carbonyl (C=O) groups is 3. The van der Waals surface area contributed by atoms with E-state index in [0.717, 1.165) is 18.9 Å². The maximum Gasteiger partial charge on any atom is 0.244 e. The summed E-state index contributed by atoms with van der Waals surface area (Å²) in [6.07, 6.45) is 2.61. The second-order valence-corrected chi connectivity index (χ2v) is 9.38. The summed E-state index contributed by atoms with van der Waals surface area (Å²) in [5, 5.41) is 5.90. The smallest absolute Gasteiger partial charge is 0.244 e. The highest BCUT2D eigenvalue weighted by Crippen LogP contribution is 2.41. The molecule has 5 rings (SSSR count). The fourth-order valence-corrected chi connectivity index (χ4v) is 5.57. The third kappa shape index (κ3) is 4.27. The largest absolute Gasteiger partial charge is 0.349 e. The first-order valence-corrected chi connectivity index (χ1v) is 11.5. The number of hydrogen-bond acceptors (Lipinski definition) is 4. The molecule has 178 valence electrons. The van der Waals surface area contributed by atoms with Crippen molar-refractivity contribution in [3.63, 3.8) is 0 Å². The molecule has 7 nitrogen and oxygen atoms in total. The minimum Gasteiger partial charge on any atom is -0.349 e. The first-order chi connectivity index (χ1) is 16.3. The van der Waals surface area contributed by atoms with Crippen LogP contribution in [0, 0.1) is 11.6 Å². The number of anilines is 2. The second-order valence-electron chi connectivity index (χ2n) is 9.38. The number of hydrogen-bond donors (Lipinski definition) is 2. The lowest BCUT2D eigenvalue weighted by Gasteiger charge is -2.35. The van der Waals surface area contributed by atoms with Crippen LogP contribution in [-0.2, 0) is 14.4 Å². The van der Waals surface area contributed by atoms with Crippen LogP contribution in [0.15, 0.2) is 42.5 Å². The fraction of sp³-hybridized carbons (Fsp3) is 0.400. The molecule has 0 aromatic heterocycles. The average Bonchev–Trinajstić information content (AvgIpc) is 3.01. The van der Waals surface area contributed by atoms with Crippen molar-refractivity contribution in [1.82, 2.24) is 10.2 Å². The molecule has 2 aromatic rings. The normalized spacial score (nSPS) is 25.0. The lowest BCUT2D eigenvalue weighted by atomic mass is 9.79. The highest BCUT2D eigenvalue weighted by atomic mass is 19.1. The van der Waals surface area contributed by atoms with Gasteiger partial charge in [-0.1, -0.05) is 18.6 Å². The number of nitrogens with zero attached hydrogens (tertiary/aromatic N) is 2. The molecule has 1 spiro atoms. The van der Waals surface area contributed by atoms with Crippen LogP contribution < -0.4 is 15.5 Å². The Morgan fingerprint density at radius 3 is 2.62 bits per heavy atom. The fourth-order valence-electron chi connectivity index (χ4n) is 5.57. The summed E-state index contributed by atoms with van der Waals surface area (Å²) in [5.74, 6) is -2.32. The van der Waals surface area contributed by atoms with Gasteiger partial charge in [-0.05, 0) is 42.7 Å². The van der Waals surface area contributed by atoms with Crippen molar-refractivity contribution >= 4 is 29.1 Å². The van der Waals surface area contributed by atoms with Crippen molar-refractivity contribution in [2.24, 2.45) is 0 Å². The van der Waals surface area contributed by atoms with Crippen molar-refractivity contribution in [3.8, 4) is 0 Å². The summed E-state index contributed by atoms with van der Waals surface area (Å²) in [6, 6.07) is 10.6. The number of para-hydroxylation sites is 2. The molecule has 9 heteroatoms. The highest BCUT2D eigenvalue weighted by Gasteiger charge is 2.49. The number of benzene rings is 2. The zero-order valence-electron chi connectivity index (χ0n) is 18.7. The Balaban J connectivity index is 1.43. The average molecular weight is 469 g/mol. The van der Waals surface area contributed by atoms with Gasteiger partial charge in [0, 0.05) is 31.5 Å². The van der Waals surface area contributed by atoms with Gasteiger partial charge >= 0.3 is 0 Å². The van der Waals surface area contributed by atoms with E-state index in [4.69, 9.17) is 0 Å². The van der Waals surface area contributed by atoms with Gasteiger partial charge < -0.3 is 10.6 Å². The molecule has 3 heterocycles. The molecule has 2 aromatic carbocycles. The Morgan fingerprint density at radius 2 is 1.82 bits per heavy atom. The number of nitrogens with one attached hydrogen (secondary N) is 2. The van der Waals surface area contributed by atoms with Crippen LogP contribution >= 0.6 is 0 Å². The van der Waals surface area contributed by atoms with Gasteiger partial charge in [-0.2, -0.15) is 0 Å². The Bertz CT molecular complexity index is 1140. The van der Waals surface area contributed by atoms with Gasteiger partial charge in [-0.3, -0.25) is 24.2 Å². The zero-order chi connectivity index (χ0) is 23.9. The maximum atomic E-state index is 14.1. The van der Waals surface area contributed by atoms with Crippen molar-refractivity contribution < 1.29 is 23.2 Å². The molecular weight excluding hydrogens is 442 g/mol. The summed E-state index contributed by atoms with van der Waals surface area (Å²) >= 11 is 0. The molecule has 3 aliphatic rings. The number of carbonyl (C=O) groups excluding carboxylic acids is 3. The summed E-state index contributed by atoms with van der Waals surface area (Å²) in [4.78, 5) is 41.4. The van der Waals surface area contributed by atoms with Gasteiger partial charge in [-0.25, -0.2) is 8.78 Å². The topological polar surface area (TPSA) is 81.8 Å². The van der Waals surface area contributed by atoms with Crippen LogP contribution in [0.3, 0.4) is 0 Å². The van der Waals surface area contributed by atoms with Crippen molar-refractivity contribution in [1.29, 1.82) is 0 Å². The molecule has 3 amide bonds. The first-order valence-electron chi connectivity index (χ1n) is 11.5. The molecule has 34 heavy (non-hydrogen) atoms. The van der Waals surface area contributed by atoms with Gasteiger partial charge in [0.25, 0.3) is 0 Å². The summed E-state index contributed by atoms with van der Waals surface area (Å²) < 4.78 is 28.2. The van der Waals surface area contributed by atoms with Crippen LogP contribution in [0.5, 0.6) is 0 Å². The van der Waals surface area contributed by atoms with E-state index in [-0.39, 0.29) is 36.7 Å². The van der Waals surface area contributed by atoms with Gasteiger partial charge in [0.1, 0.15) is 18.2 Å². The van der Waals surface area contributed by atoms with E-state index < -0.39 is 17.2 Å². The number of amides is 3. The number of halogens is 2. The van der Waals surface area contributed by atoms with Crippen molar-refractivity contribution in [2.45, 2.75) is 37.1 Å². The van der Waals surface area contributed by atoms with Crippen LogP contribution in [0.1, 0.15) is 37.2 Å². The standard InChI is InChI=1S/C25H26F2N4O3/c26-17-9-16(10-18(27)11-17)19-12-30(15-25(19)8-4-3-7-22(32)29-25)14-24(34)31-13-23(33)28-20-5-1-2-6-21(20)31/h1-2,5-6,9-11,19H,3-4,7-8,12-15H2,(H,28,33)(H,29,32)/t19-,25+/m0/s1. The number of rotatable bonds is 3.